The van der Waals surface area contributed by atoms with Gasteiger partial charge in [0.15, 0.2) is 5.11 Å². The molecule has 1 aromatic heterocycles. The fourth-order valence-electron chi connectivity index (χ4n) is 3.63. The quantitative estimate of drug-likeness (QED) is 0.502. The summed E-state index contributed by atoms with van der Waals surface area (Å²) in [5.74, 6) is 0. The Balaban J connectivity index is 1.20. The number of thiocarbonyl (C=S) groups is 1. The van der Waals surface area contributed by atoms with Crippen LogP contribution in [-0.4, -0.2) is 34.1 Å². The summed E-state index contributed by atoms with van der Waals surface area (Å²) in [7, 11) is 0. The molecule has 0 unspecified atom stereocenters. The van der Waals surface area contributed by atoms with Crippen molar-refractivity contribution >= 4 is 34.4 Å². The van der Waals surface area contributed by atoms with Gasteiger partial charge in [-0.25, -0.2) is 0 Å². The summed E-state index contributed by atoms with van der Waals surface area (Å²) in [6, 6.07) is 24.8. The van der Waals surface area contributed by atoms with Crippen molar-refractivity contribution in [1.82, 2.24) is 15.2 Å². The van der Waals surface area contributed by atoms with Crippen LogP contribution in [0.5, 0.6) is 0 Å². The number of nitrogens with one attached hydrogen (secondary N) is 3. The summed E-state index contributed by atoms with van der Waals surface area (Å²) < 4.78 is 0. The van der Waals surface area contributed by atoms with E-state index in [1.165, 1.54) is 0 Å². The molecule has 3 aromatic rings. The number of hydrogen-bond acceptors (Lipinski definition) is 4. The number of benzene rings is 2. The van der Waals surface area contributed by atoms with Gasteiger partial charge in [-0.3, -0.25) is 9.88 Å². The van der Waals surface area contributed by atoms with E-state index >= 15 is 0 Å². The lowest BCUT2D eigenvalue weighted by molar-refractivity contribution is 0.197. The summed E-state index contributed by atoms with van der Waals surface area (Å²) in [5, 5.41) is 10.8. The van der Waals surface area contributed by atoms with Gasteiger partial charge in [0.25, 0.3) is 0 Å². The lowest BCUT2D eigenvalue weighted by Gasteiger charge is -2.32. The molecule has 1 fully saturated rings. The summed E-state index contributed by atoms with van der Waals surface area (Å²) in [6.07, 6.45) is 4.02. The van der Waals surface area contributed by atoms with Crippen LogP contribution in [-0.2, 0) is 6.54 Å². The molecule has 154 valence electrons. The number of para-hydroxylation sites is 1. The lowest BCUT2D eigenvalue weighted by Crippen LogP contribution is -2.45. The van der Waals surface area contributed by atoms with E-state index in [-0.39, 0.29) is 0 Å². The van der Waals surface area contributed by atoms with E-state index in [9.17, 15) is 0 Å². The average Bonchev–Trinajstić information content (AvgIpc) is 2.78. The smallest absolute Gasteiger partial charge is 0.170 e. The molecular formula is C24H27N5S. The Morgan fingerprint density at radius 1 is 0.867 bits per heavy atom. The second-order valence-electron chi connectivity index (χ2n) is 7.54. The second kappa shape index (κ2) is 10.2. The van der Waals surface area contributed by atoms with Crippen molar-refractivity contribution < 1.29 is 0 Å². The van der Waals surface area contributed by atoms with E-state index in [0.717, 1.165) is 55.2 Å². The molecule has 5 nitrogen and oxygen atoms in total. The molecule has 1 aliphatic rings. The molecule has 0 amide bonds. The Kier molecular flexibility index (Phi) is 6.90. The number of aromatic nitrogens is 1. The van der Waals surface area contributed by atoms with Crippen molar-refractivity contribution in [3.05, 3.63) is 84.7 Å². The number of piperidine rings is 1. The molecular weight excluding hydrogens is 390 g/mol. The van der Waals surface area contributed by atoms with Gasteiger partial charge in [-0.05, 0) is 73.6 Å². The third-order valence-electron chi connectivity index (χ3n) is 5.24. The molecule has 0 radical (unpaired) electrons. The Morgan fingerprint density at radius 3 is 2.23 bits per heavy atom. The molecule has 4 rings (SSSR count). The van der Waals surface area contributed by atoms with Crippen LogP contribution >= 0.6 is 12.2 Å². The largest absolute Gasteiger partial charge is 0.360 e. The van der Waals surface area contributed by atoms with Crippen molar-refractivity contribution in [2.45, 2.75) is 25.4 Å². The fraction of sp³-hybridized carbons (Fsp3) is 0.250. The van der Waals surface area contributed by atoms with Gasteiger partial charge in [-0.15, -0.1) is 0 Å². The Morgan fingerprint density at radius 2 is 1.53 bits per heavy atom. The van der Waals surface area contributed by atoms with Crippen LogP contribution in [0.3, 0.4) is 0 Å². The first-order valence-electron chi connectivity index (χ1n) is 10.4. The maximum atomic E-state index is 5.53. The van der Waals surface area contributed by atoms with Crippen LogP contribution in [0, 0.1) is 0 Å². The van der Waals surface area contributed by atoms with Crippen LogP contribution in [0.4, 0.5) is 17.1 Å². The summed E-state index contributed by atoms with van der Waals surface area (Å²) in [4.78, 5) is 6.88. The molecule has 3 N–H and O–H groups in total. The minimum atomic E-state index is 0.406. The van der Waals surface area contributed by atoms with Crippen LogP contribution in [0.15, 0.2) is 79.0 Å². The lowest BCUT2D eigenvalue weighted by atomic mass is 10.1. The monoisotopic (exact) mass is 417 g/mol. The number of pyridine rings is 1. The molecule has 0 saturated carbocycles. The van der Waals surface area contributed by atoms with Crippen molar-refractivity contribution in [2.75, 3.05) is 23.7 Å². The standard InChI is InChI=1S/C24H27N5S/c30-24(27-21-11-9-20(10-12-21)26-19-6-2-1-3-7-19)28-22-13-16-29(17-14-22)18-23-8-4-5-15-25-23/h1-12,15,22,26H,13-14,16-18H2,(H2,27,28,30). The average molecular weight is 418 g/mol. The van der Waals surface area contributed by atoms with Gasteiger partial charge >= 0.3 is 0 Å². The van der Waals surface area contributed by atoms with Crippen LogP contribution in [0.2, 0.25) is 0 Å². The molecule has 0 atom stereocenters. The minimum Gasteiger partial charge on any atom is -0.360 e. The van der Waals surface area contributed by atoms with Crippen molar-refractivity contribution in [2.24, 2.45) is 0 Å². The van der Waals surface area contributed by atoms with E-state index in [2.05, 4.69) is 31.9 Å². The van der Waals surface area contributed by atoms with Gasteiger partial charge in [0.05, 0.1) is 5.69 Å². The predicted molar refractivity (Wildman–Crippen MR) is 128 cm³/mol. The van der Waals surface area contributed by atoms with Gasteiger partial charge in [0, 0.05) is 48.9 Å². The normalized spacial score (nSPS) is 14.8. The number of anilines is 3. The van der Waals surface area contributed by atoms with Crippen molar-refractivity contribution in [1.29, 1.82) is 0 Å². The van der Waals surface area contributed by atoms with E-state index in [0.29, 0.717) is 11.2 Å². The number of nitrogens with zero attached hydrogens (tertiary/aromatic N) is 2. The van der Waals surface area contributed by atoms with E-state index in [1.807, 2.05) is 72.9 Å². The highest BCUT2D eigenvalue weighted by atomic mass is 32.1. The Labute approximate surface area is 183 Å². The van der Waals surface area contributed by atoms with Crippen LogP contribution < -0.4 is 16.0 Å². The number of hydrogen-bond donors (Lipinski definition) is 3. The highest BCUT2D eigenvalue weighted by molar-refractivity contribution is 7.80. The minimum absolute atomic E-state index is 0.406. The highest BCUT2D eigenvalue weighted by Gasteiger charge is 2.20. The van der Waals surface area contributed by atoms with E-state index in [4.69, 9.17) is 12.2 Å². The zero-order valence-corrected chi connectivity index (χ0v) is 17.7. The molecule has 0 spiro atoms. The van der Waals surface area contributed by atoms with E-state index < -0.39 is 0 Å². The highest BCUT2D eigenvalue weighted by Crippen LogP contribution is 2.19. The molecule has 2 heterocycles. The Hall–Kier alpha value is -2.96. The summed E-state index contributed by atoms with van der Waals surface area (Å²) >= 11 is 5.53. The molecule has 0 aliphatic carbocycles. The zero-order valence-electron chi connectivity index (χ0n) is 16.9. The van der Waals surface area contributed by atoms with E-state index in [1.54, 1.807) is 0 Å². The third-order valence-corrected chi connectivity index (χ3v) is 5.46. The first-order chi connectivity index (χ1) is 14.7. The molecule has 30 heavy (non-hydrogen) atoms. The second-order valence-corrected chi connectivity index (χ2v) is 7.95. The topological polar surface area (TPSA) is 52.2 Å². The van der Waals surface area contributed by atoms with Gasteiger partial charge < -0.3 is 16.0 Å². The number of rotatable bonds is 6. The molecule has 2 aromatic carbocycles. The molecule has 1 saturated heterocycles. The Bertz CT molecular complexity index is 923. The maximum absolute atomic E-state index is 5.53. The summed E-state index contributed by atoms with van der Waals surface area (Å²) in [5.41, 5.74) is 4.24. The SMILES string of the molecule is S=C(Nc1ccc(Nc2ccccc2)cc1)NC1CCN(Cc2ccccn2)CC1. The van der Waals surface area contributed by atoms with Gasteiger partial charge in [-0.2, -0.15) is 0 Å². The van der Waals surface area contributed by atoms with Crippen LogP contribution in [0.25, 0.3) is 0 Å². The van der Waals surface area contributed by atoms with Crippen LogP contribution in [0.1, 0.15) is 18.5 Å². The first kappa shape index (κ1) is 20.3. The van der Waals surface area contributed by atoms with Crippen molar-refractivity contribution in [3.63, 3.8) is 0 Å². The van der Waals surface area contributed by atoms with Crippen molar-refractivity contribution in [3.8, 4) is 0 Å². The maximum Gasteiger partial charge on any atom is 0.170 e. The molecule has 1 aliphatic heterocycles. The van der Waals surface area contributed by atoms with Gasteiger partial charge in [0.1, 0.15) is 0 Å². The fourth-order valence-corrected chi connectivity index (χ4v) is 3.92. The number of likely N-dealkylation sites (tertiary alicyclic amines) is 1. The zero-order chi connectivity index (χ0) is 20.6. The molecule has 0 bridgehead atoms. The van der Waals surface area contributed by atoms with Gasteiger partial charge in [0.2, 0.25) is 0 Å². The van der Waals surface area contributed by atoms with Gasteiger partial charge in [-0.1, -0.05) is 24.3 Å². The predicted octanol–water partition coefficient (Wildman–Crippen LogP) is 4.78. The third kappa shape index (κ3) is 6.02. The first-order valence-corrected chi connectivity index (χ1v) is 10.8. The molecule has 6 heteroatoms. The summed E-state index contributed by atoms with van der Waals surface area (Å²) in [6.45, 7) is 3.02.